The smallest absolute Gasteiger partial charge is 0.410 e. The van der Waals surface area contributed by atoms with E-state index < -0.39 is 16.8 Å². The number of hydrogen-bond donors (Lipinski definition) is 1. The highest BCUT2D eigenvalue weighted by molar-refractivity contribution is 5.82. The van der Waals surface area contributed by atoms with Crippen LogP contribution in [0.2, 0.25) is 0 Å². The van der Waals surface area contributed by atoms with Crippen LogP contribution in [0.4, 0.5) is 4.79 Å². The molecule has 1 fully saturated rings. The van der Waals surface area contributed by atoms with Crippen molar-refractivity contribution in [3.63, 3.8) is 0 Å². The highest BCUT2D eigenvalue weighted by Gasteiger charge is 2.64. The zero-order chi connectivity index (χ0) is 20.3. The molecule has 7 heteroatoms. The molecular formula is C21H27NO6. The number of ether oxygens (including phenoxy) is 3. The SMILES string of the molecule is COc1ccc2c3c1OC1(O)CC(=O)CC[C@@]31CCN(C(=O)OC(C)(C)C)C2. The number of nitrogens with zero attached hydrogens (tertiary/aromatic N) is 1. The van der Waals surface area contributed by atoms with Crippen LogP contribution < -0.4 is 9.47 Å². The number of amides is 1. The predicted octanol–water partition coefficient (Wildman–Crippen LogP) is 2.91. The van der Waals surface area contributed by atoms with Gasteiger partial charge in [-0.1, -0.05) is 6.07 Å². The summed E-state index contributed by atoms with van der Waals surface area (Å²) in [6.07, 6.45) is 0.913. The average Bonchev–Trinajstić information content (AvgIpc) is 2.74. The molecule has 7 nitrogen and oxygen atoms in total. The number of methoxy groups -OCH3 is 1. The molecule has 2 aliphatic heterocycles. The van der Waals surface area contributed by atoms with Crippen molar-refractivity contribution in [2.24, 2.45) is 0 Å². The third-order valence-electron chi connectivity index (χ3n) is 6.01. The predicted molar refractivity (Wildman–Crippen MR) is 100 cm³/mol. The lowest BCUT2D eigenvalue weighted by Crippen LogP contribution is -2.56. The molecule has 1 saturated carbocycles. The summed E-state index contributed by atoms with van der Waals surface area (Å²) in [5.74, 6) is -0.616. The number of rotatable bonds is 1. The van der Waals surface area contributed by atoms with Crippen molar-refractivity contribution < 1.29 is 28.9 Å². The first-order valence-corrected chi connectivity index (χ1v) is 9.70. The van der Waals surface area contributed by atoms with Gasteiger partial charge in [-0.05, 0) is 45.2 Å². The van der Waals surface area contributed by atoms with E-state index in [1.807, 2.05) is 26.8 Å². The Morgan fingerprint density at radius 1 is 1.29 bits per heavy atom. The van der Waals surface area contributed by atoms with Crippen molar-refractivity contribution >= 4 is 11.9 Å². The second kappa shape index (κ2) is 6.11. The van der Waals surface area contributed by atoms with Crippen LogP contribution in [0, 0.1) is 0 Å². The minimum Gasteiger partial charge on any atom is -0.493 e. The molecule has 1 aliphatic carbocycles. The molecule has 1 aromatic carbocycles. The van der Waals surface area contributed by atoms with Gasteiger partial charge in [-0.15, -0.1) is 0 Å². The van der Waals surface area contributed by atoms with Crippen molar-refractivity contribution in [2.45, 2.75) is 69.8 Å². The summed E-state index contributed by atoms with van der Waals surface area (Å²) in [4.78, 5) is 26.5. The van der Waals surface area contributed by atoms with Crippen LogP contribution >= 0.6 is 0 Å². The van der Waals surface area contributed by atoms with Crippen molar-refractivity contribution in [1.82, 2.24) is 4.90 Å². The van der Waals surface area contributed by atoms with Gasteiger partial charge in [-0.25, -0.2) is 4.79 Å². The van der Waals surface area contributed by atoms with Gasteiger partial charge >= 0.3 is 6.09 Å². The van der Waals surface area contributed by atoms with E-state index in [-0.39, 0.29) is 18.3 Å². The molecule has 1 spiro atoms. The van der Waals surface area contributed by atoms with E-state index in [1.54, 1.807) is 18.1 Å². The monoisotopic (exact) mass is 389 g/mol. The van der Waals surface area contributed by atoms with Gasteiger partial charge in [0, 0.05) is 25.1 Å². The number of carbonyl (C=O) groups is 2. The molecule has 152 valence electrons. The van der Waals surface area contributed by atoms with Crippen LogP contribution in [-0.4, -0.2) is 46.9 Å². The molecule has 2 atom stereocenters. The lowest BCUT2D eigenvalue weighted by Gasteiger charge is -2.43. The van der Waals surface area contributed by atoms with Crippen molar-refractivity contribution in [1.29, 1.82) is 0 Å². The Labute approximate surface area is 164 Å². The van der Waals surface area contributed by atoms with E-state index in [1.165, 1.54) is 0 Å². The quantitative estimate of drug-likeness (QED) is 0.795. The van der Waals surface area contributed by atoms with E-state index in [0.717, 1.165) is 11.1 Å². The Kier molecular flexibility index (Phi) is 4.16. The molecule has 2 heterocycles. The molecule has 28 heavy (non-hydrogen) atoms. The van der Waals surface area contributed by atoms with Crippen molar-refractivity contribution in [3.8, 4) is 11.5 Å². The fourth-order valence-electron chi connectivity index (χ4n) is 4.76. The maximum Gasteiger partial charge on any atom is 0.410 e. The second-order valence-electron chi connectivity index (χ2n) is 8.97. The van der Waals surface area contributed by atoms with Gasteiger partial charge in [0.05, 0.1) is 18.9 Å². The maximum absolute atomic E-state index is 12.7. The van der Waals surface area contributed by atoms with Gasteiger partial charge in [0.2, 0.25) is 5.79 Å². The Morgan fingerprint density at radius 3 is 2.71 bits per heavy atom. The third kappa shape index (κ3) is 2.75. The molecule has 1 aromatic rings. The topological polar surface area (TPSA) is 85.3 Å². The Balaban J connectivity index is 1.80. The molecule has 0 bridgehead atoms. The molecular weight excluding hydrogens is 362 g/mol. The van der Waals surface area contributed by atoms with E-state index in [0.29, 0.717) is 43.9 Å². The summed E-state index contributed by atoms with van der Waals surface area (Å²) >= 11 is 0. The zero-order valence-corrected chi connectivity index (χ0v) is 16.8. The molecule has 1 unspecified atom stereocenters. The highest BCUT2D eigenvalue weighted by Crippen LogP contribution is 2.61. The number of aliphatic hydroxyl groups is 1. The Morgan fingerprint density at radius 2 is 2.04 bits per heavy atom. The van der Waals surface area contributed by atoms with Crippen LogP contribution in [-0.2, 0) is 21.5 Å². The average molecular weight is 389 g/mol. The maximum atomic E-state index is 12.7. The lowest BCUT2D eigenvalue weighted by atomic mass is 9.63. The first-order valence-electron chi connectivity index (χ1n) is 9.70. The van der Waals surface area contributed by atoms with Crippen LogP contribution in [0.15, 0.2) is 12.1 Å². The van der Waals surface area contributed by atoms with Crippen LogP contribution in [0.3, 0.4) is 0 Å². The van der Waals surface area contributed by atoms with Gasteiger partial charge in [0.15, 0.2) is 11.5 Å². The first kappa shape index (κ1) is 19.1. The zero-order valence-electron chi connectivity index (χ0n) is 16.8. The molecule has 3 aliphatic rings. The van der Waals surface area contributed by atoms with E-state index in [4.69, 9.17) is 14.2 Å². The minimum atomic E-state index is -1.61. The first-order chi connectivity index (χ1) is 13.1. The Bertz CT molecular complexity index is 844. The van der Waals surface area contributed by atoms with E-state index >= 15 is 0 Å². The molecule has 1 N–H and O–H groups in total. The van der Waals surface area contributed by atoms with Gasteiger partial charge in [-0.2, -0.15) is 0 Å². The summed E-state index contributed by atoms with van der Waals surface area (Å²) in [7, 11) is 1.55. The minimum absolute atomic E-state index is 0.0188. The molecule has 1 amide bonds. The lowest BCUT2D eigenvalue weighted by molar-refractivity contribution is -0.195. The van der Waals surface area contributed by atoms with Gasteiger partial charge in [-0.3, -0.25) is 4.79 Å². The number of carbonyl (C=O) groups excluding carboxylic acids is 2. The van der Waals surface area contributed by atoms with E-state index in [9.17, 15) is 14.7 Å². The normalized spacial score (nSPS) is 28.8. The molecule has 0 saturated heterocycles. The van der Waals surface area contributed by atoms with Crippen LogP contribution in [0.25, 0.3) is 0 Å². The second-order valence-corrected chi connectivity index (χ2v) is 8.97. The Hall–Kier alpha value is -2.28. The summed E-state index contributed by atoms with van der Waals surface area (Å²) in [6, 6.07) is 3.69. The standard InChI is InChI=1S/C21H27NO6/c1-19(2,3)28-18(24)22-10-9-20-8-7-14(23)11-21(20,25)27-17-15(26-4)6-5-13(12-22)16(17)20/h5-6,25H,7-12H2,1-4H3/t20-,21?/m1/s1. The number of Topliss-reactive ketones (excluding diaryl/α,β-unsaturated/α-hetero) is 1. The molecule has 0 radical (unpaired) electrons. The fourth-order valence-corrected chi connectivity index (χ4v) is 4.76. The summed E-state index contributed by atoms with van der Waals surface area (Å²) < 4.78 is 17.0. The van der Waals surface area contributed by atoms with Crippen molar-refractivity contribution in [3.05, 3.63) is 23.3 Å². The summed E-state index contributed by atoms with van der Waals surface area (Å²) in [5, 5.41) is 11.4. The number of hydrogen-bond acceptors (Lipinski definition) is 6. The number of ketones is 1. The molecule has 0 aromatic heterocycles. The summed E-state index contributed by atoms with van der Waals surface area (Å²) in [5.41, 5.74) is 0.432. The molecule has 4 rings (SSSR count). The number of benzene rings is 1. The largest absolute Gasteiger partial charge is 0.493 e. The third-order valence-corrected chi connectivity index (χ3v) is 6.01. The van der Waals surface area contributed by atoms with Crippen molar-refractivity contribution in [2.75, 3.05) is 13.7 Å². The van der Waals surface area contributed by atoms with E-state index in [2.05, 4.69) is 0 Å². The fraction of sp³-hybridized carbons (Fsp3) is 0.619. The van der Waals surface area contributed by atoms with Crippen LogP contribution in [0.5, 0.6) is 11.5 Å². The van der Waals surface area contributed by atoms with Crippen LogP contribution in [0.1, 0.15) is 57.6 Å². The van der Waals surface area contributed by atoms with Gasteiger partial charge in [0.1, 0.15) is 11.4 Å². The summed E-state index contributed by atoms with van der Waals surface area (Å²) in [6.45, 7) is 6.28. The van der Waals surface area contributed by atoms with Gasteiger partial charge in [0.25, 0.3) is 0 Å². The highest BCUT2D eigenvalue weighted by atomic mass is 16.6. The van der Waals surface area contributed by atoms with Gasteiger partial charge < -0.3 is 24.2 Å².